The third kappa shape index (κ3) is 1.85. The number of nitrogens with one attached hydrogen (secondary N) is 1. The predicted molar refractivity (Wildman–Crippen MR) is 73.0 cm³/mol. The summed E-state index contributed by atoms with van der Waals surface area (Å²) in [5, 5.41) is 3.89. The van der Waals surface area contributed by atoms with Crippen LogP contribution in [-0.4, -0.2) is 12.6 Å². The smallest absolute Gasteiger partial charge is 0.0129 e. The zero-order valence-electron chi connectivity index (χ0n) is 11.9. The Balaban J connectivity index is 1.51. The summed E-state index contributed by atoms with van der Waals surface area (Å²) in [7, 11) is 0. The summed E-state index contributed by atoms with van der Waals surface area (Å²) in [6.45, 7) is 8.82. The van der Waals surface area contributed by atoms with E-state index in [4.69, 9.17) is 0 Å². The molecule has 3 aliphatic carbocycles. The van der Waals surface area contributed by atoms with Gasteiger partial charge < -0.3 is 5.32 Å². The van der Waals surface area contributed by atoms with E-state index in [1.165, 1.54) is 51.5 Å². The minimum absolute atomic E-state index is 0.567. The molecule has 0 amide bonds. The molecule has 17 heavy (non-hydrogen) atoms. The van der Waals surface area contributed by atoms with Gasteiger partial charge in [-0.25, -0.2) is 0 Å². The lowest BCUT2D eigenvalue weighted by atomic mass is 9.69. The largest absolute Gasteiger partial charge is 0.313 e. The third-order valence-corrected chi connectivity index (χ3v) is 6.67. The van der Waals surface area contributed by atoms with Crippen LogP contribution in [0.15, 0.2) is 0 Å². The van der Waals surface area contributed by atoms with Crippen LogP contribution in [0.25, 0.3) is 0 Å². The Morgan fingerprint density at radius 1 is 1.12 bits per heavy atom. The van der Waals surface area contributed by atoms with Gasteiger partial charge in [0.05, 0.1) is 0 Å². The Morgan fingerprint density at radius 3 is 2.41 bits per heavy atom. The van der Waals surface area contributed by atoms with Crippen molar-refractivity contribution in [2.45, 2.75) is 71.8 Å². The molecule has 0 saturated heterocycles. The second-order valence-electron chi connectivity index (χ2n) is 7.70. The molecular formula is C16H29N. The Labute approximate surface area is 107 Å². The lowest BCUT2D eigenvalue weighted by Crippen LogP contribution is -2.44. The van der Waals surface area contributed by atoms with E-state index in [9.17, 15) is 0 Å². The number of hydrogen-bond donors (Lipinski definition) is 1. The summed E-state index contributed by atoms with van der Waals surface area (Å²) in [6, 6.07) is 0.801. The second-order valence-corrected chi connectivity index (χ2v) is 7.70. The van der Waals surface area contributed by atoms with Gasteiger partial charge in [0.2, 0.25) is 0 Å². The first-order valence-corrected chi connectivity index (χ1v) is 7.77. The van der Waals surface area contributed by atoms with Crippen LogP contribution >= 0.6 is 0 Å². The molecule has 0 heterocycles. The second kappa shape index (κ2) is 3.98. The Bertz CT molecular complexity index is 292. The van der Waals surface area contributed by atoms with Crippen LogP contribution in [0.2, 0.25) is 0 Å². The SMILES string of the molecule is CC1(C)C2CCC1(C)C(NCCCC1CC1)C2. The Morgan fingerprint density at radius 2 is 1.88 bits per heavy atom. The third-order valence-electron chi connectivity index (χ3n) is 6.67. The summed E-state index contributed by atoms with van der Waals surface area (Å²) in [4.78, 5) is 0. The molecule has 0 aliphatic heterocycles. The molecule has 0 aromatic heterocycles. The van der Waals surface area contributed by atoms with Crippen molar-refractivity contribution in [2.75, 3.05) is 6.54 Å². The first-order chi connectivity index (χ1) is 8.04. The van der Waals surface area contributed by atoms with Gasteiger partial charge in [-0.1, -0.05) is 33.6 Å². The summed E-state index contributed by atoms with van der Waals surface area (Å²) in [5.74, 6) is 2.08. The average molecular weight is 235 g/mol. The van der Waals surface area contributed by atoms with E-state index in [0.29, 0.717) is 10.8 Å². The van der Waals surface area contributed by atoms with Crippen LogP contribution in [0.1, 0.15) is 65.7 Å². The van der Waals surface area contributed by atoms with Crippen molar-refractivity contribution in [3.8, 4) is 0 Å². The first-order valence-electron chi connectivity index (χ1n) is 7.77. The van der Waals surface area contributed by atoms with E-state index >= 15 is 0 Å². The highest BCUT2D eigenvalue weighted by Gasteiger charge is 2.60. The maximum absolute atomic E-state index is 3.89. The van der Waals surface area contributed by atoms with Gasteiger partial charge in [0.25, 0.3) is 0 Å². The molecule has 1 heteroatoms. The molecule has 0 radical (unpaired) electrons. The molecule has 3 saturated carbocycles. The Kier molecular flexibility index (Phi) is 2.81. The van der Waals surface area contributed by atoms with Crippen molar-refractivity contribution in [2.24, 2.45) is 22.7 Å². The molecule has 3 unspecified atom stereocenters. The number of fused-ring (bicyclic) bond motifs is 2. The molecule has 0 spiro atoms. The van der Waals surface area contributed by atoms with Crippen LogP contribution in [0, 0.1) is 22.7 Å². The van der Waals surface area contributed by atoms with E-state index in [-0.39, 0.29) is 0 Å². The van der Waals surface area contributed by atoms with Crippen LogP contribution in [0.5, 0.6) is 0 Å². The zero-order valence-corrected chi connectivity index (χ0v) is 11.9. The van der Waals surface area contributed by atoms with Gasteiger partial charge in [0, 0.05) is 6.04 Å². The maximum atomic E-state index is 3.89. The van der Waals surface area contributed by atoms with Crippen molar-refractivity contribution in [3.63, 3.8) is 0 Å². The van der Waals surface area contributed by atoms with Gasteiger partial charge in [0.1, 0.15) is 0 Å². The van der Waals surface area contributed by atoms with Crippen molar-refractivity contribution in [1.29, 1.82) is 0 Å². The van der Waals surface area contributed by atoms with E-state index in [2.05, 4.69) is 26.1 Å². The highest BCUT2D eigenvalue weighted by Crippen LogP contribution is 2.65. The van der Waals surface area contributed by atoms with Crippen molar-refractivity contribution in [3.05, 3.63) is 0 Å². The summed E-state index contributed by atoms with van der Waals surface area (Å²) < 4.78 is 0. The van der Waals surface area contributed by atoms with E-state index in [1.54, 1.807) is 0 Å². The van der Waals surface area contributed by atoms with Crippen molar-refractivity contribution < 1.29 is 0 Å². The molecule has 1 N–H and O–H groups in total. The number of rotatable bonds is 5. The molecule has 1 nitrogen and oxygen atoms in total. The Hall–Kier alpha value is -0.0400. The fraction of sp³-hybridized carbons (Fsp3) is 1.00. The zero-order chi connectivity index (χ0) is 12.1. The van der Waals surface area contributed by atoms with Crippen LogP contribution < -0.4 is 5.32 Å². The van der Waals surface area contributed by atoms with Crippen LogP contribution in [0.3, 0.4) is 0 Å². The van der Waals surface area contributed by atoms with Crippen molar-refractivity contribution >= 4 is 0 Å². The predicted octanol–water partition coefficient (Wildman–Crippen LogP) is 3.98. The molecule has 3 aliphatic rings. The van der Waals surface area contributed by atoms with Crippen molar-refractivity contribution in [1.82, 2.24) is 5.32 Å². The molecule has 0 aromatic rings. The molecule has 3 atom stereocenters. The lowest BCUT2D eigenvalue weighted by molar-refractivity contribution is 0.121. The van der Waals surface area contributed by atoms with Gasteiger partial charge in [-0.3, -0.25) is 0 Å². The first kappa shape index (κ1) is 12.0. The van der Waals surface area contributed by atoms with Gasteiger partial charge in [-0.15, -0.1) is 0 Å². The monoisotopic (exact) mass is 235 g/mol. The fourth-order valence-corrected chi connectivity index (χ4v) is 4.59. The molecule has 98 valence electrons. The quantitative estimate of drug-likeness (QED) is 0.711. The normalized spacial score (nSPS) is 43.2. The van der Waals surface area contributed by atoms with E-state index in [0.717, 1.165) is 17.9 Å². The summed E-state index contributed by atoms with van der Waals surface area (Å²) in [6.07, 6.45) is 10.3. The van der Waals surface area contributed by atoms with E-state index in [1.807, 2.05) is 0 Å². The van der Waals surface area contributed by atoms with Gasteiger partial charge in [-0.2, -0.15) is 0 Å². The topological polar surface area (TPSA) is 12.0 Å². The van der Waals surface area contributed by atoms with E-state index < -0.39 is 0 Å². The summed E-state index contributed by atoms with van der Waals surface area (Å²) >= 11 is 0. The van der Waals surface area contributed by atoms with Gasteiger partial charge in [-0.05, 0) is 61.3 Å². The molecule has 3 rings (SSSR count). The maximum Gasteiger partial charge on any atom is 0.0129 e. The standard InChI is InChI=1S/C16H29N/c1-15(2)13-8-9-16(15,3)14(11-13)17-10-4-5-12-6-7-12/h12-14,17H,4-11H2,1-3H3. The lowest BCUT2D eigenvalue weighted by Gasteiger charge is -2.39. The van der Waals surface area contributed by atoms with Gasteiger partial charge >= 0.3 is 0 Å². The van der Waals surface area contributed by atoms with Crippen LogP contribution in [0.4, 0.5) is 0 Å². The highest BCUT2D eigenvalue weighted by molar-refractivity contribution is 5.12. The molecule has 2 bridgehead atoms. The van der Waals surface area contributed by atoms with Crippen LogP contribution in [-0.2, 0) is 0 Å². The average Bonchev–Trinajstić information content (AvgIpc) is 3.04. The molecular weight excluding hydrogens is 206 g/mol. The minimum atomic E-state index is 0.567. The number of hydrogen-bond acceptors (Lipinski definition) is 1. The highest BCUT2D eigenvalue weighted by atomic mass is 15.0. The molecule has 3 fully saturated rings. The molecule has 0 aromatic carbocycles. The van der Waals surface area contributed by atoms with Gasteiger partial charge in [0.15, 0.2) is 0 Å². The summed E-state index contributed by atoms with van der Waals surface area (Å²) in [5.41, 5.74) is 1.14. The fourth-order valence-electron chi connectivity index (χ4n) is 4.59. The minimum Gasteiger partial charge on any atom is -0.313 e.